The number of Topliss-reactive ketones (excluding diaryl/α,β-unsaturated/α-hetero) is 1. The van der Waals surface area contributed by atoms with Crippen molar-refractivity contribution in [3.8, 4) is 6.07 Å². The molecular formula is C35H26ClN3O5S. The van der Waals surface area contributed by atoms with Crippen molar-refractivity contribution >= 4 is 52.6 Å². The number of halogens is 1. The van der Waals surface area contributed by atoms with Crippen LogP contribution in [0.1, 0.15) is 61.9 Å². The van der Waals surface area contributed by atoms with Gasteiger partial charge in [0.25, 0.3) is 0 Å². The van der Waals surface area contributed by atoms with Gasteiger partial charge in [0.05, 0.1) is 27.1 Å². The SMILES string of the molecule is N#Cc1cc2c(nc1SC1CC(=O)N(c3ccc(C(=O)OCC(=O)c4ccccc4Cl)cc3)C1=O)CCC(c1ccccc1)C2. The molecule has 6 rings (SSSR count). The zero-order chi connectivity index (χ0) is 31.5. The van der Waals surface area contributed by atoms with Crippen molar-refractivity contribution in [1.29, 1.82) is 5.26 Å². The Balaban J connectivity index is 1.11. The summed E-state index contributed by atoms with van der Waals surface area (Å²) in [5, 5.41) is 9.88. The summed E-state index contributed by atoms with van der Waals surface area (Å²) in [6.07, 6.45) is 2.45. The average Bonchev–Trinajstić information content (AvgIpc) is 3.35. The number of hydrogen-bond acceptors (Lipinski definition) is 8. The minimum absolute atomic E-state index is 0.0445. The number of esters is 1. The Morgan fingerprint density at radius 1 is 1.00 bits per heavy atom. The van der Waals surface area contributed by atoms with E-state index in [4.69, 9.17) is 21.3 Å². The number of nitriles is 1. The second-order valence-corrected chi connectivity index (χ2v) is 12.4. The molecule has 2 atom stereocenters. The maximum Gasteiger partial charge on any atom is 0.338 e. The number of benzene rings is 3. The van der Waals surface area contributed by atoms with Crippen LogP contribution in [0, 0.1) is 11.3 Å². The standard InChI is InChI=1S/C35H26ClN3O5S/c36-28-9-5-4-8-27(28)30(40)20-44-35(43)22-10-13-26(14-11-22)39-32(41)18-31(34(39)42)45-33-25(19-37)17-24-16-23(12-15-29(24)38-33)21-6-2-1-3-7-21/h1-11,13-14,17,23,31H,12,15-16,18,20H2. The number of anilines is 1. The molecule has 0 saturated carbocycles. The average molecular weight is 636 g/mol. The second-order valence-electron chi connectivity index (χ2n) is 10.8. The number of ketones is 1. The van der Waals surface area contributed by atoms with E-state index in [1.165, 1.54) is 29.8 Å². The van der Waals surface area contributed by atoms with Gasteiger partial charge in [-0.25, -0.2) is 14.7 Å². The van der Waals surface area contributed by atoms with Gasteiger partial charge in [-0.15, -0.1) is 0 Å². The van der Waals surface area contributed by atoms with Crippen LogP contribution in [-0.4, -0.2) is 40.4 Å². The number of imide groups is 1. The maximum absolute atomic E-state index is 13.4. The number of carbonyl (C=O) groups excluding carboxylic acids is 4. The van der Waals surface area contributed by atoms with E-state index in [2.05, 4.69) is 18.2 Å². The van der Waals surface area contributed by atoms with Gasteiger partial charge in [-0.2, -0.15) is 5.26 Å². The zero-order valence-electron chi connectivity index (χ0n) is 23.9. The summed E-state index contributed by atoms with van der Waals surface area (Å²) in [5.41, 5.74) is 4.34. The van der Waals surface area contributed by atoms with Gasteiger partial charge in [-0.3, -0.25) is 14.4 Å². The Kier molecular flexibility index (Phi) is 8.78. The lowest BCUT2D eigenvalue weighted by atomic mass is 9.82. The summed E-state index contributed by atoms with van der Waals surface area (Å²) in [5.74, 6) is -1.62. The van der Waals surface area contributed by atoms with Gasteiger partial charge in [-0.05, 0) is 78.8 Å². The second kappa shape index (κ2) is 13.1. The van der Waals surface area contributed by atoms with Crippen molar-refractivity contribution in [2.75, 3.05) is 11.5 Å². The third-order valence-corrected chi connectivity index (χ3v) is 9.49. The fourth-order valence-corrected chi connectivity index (χ4v) is 6.99. The quantitative estimate of drug-likeness (QED) is 0.125. The Morgan fingerprint density at radius 2 is 1.73 bits per heavy atom. The summed E-state index contributed by atoms with van der Waals surface area (Å²) in [6, 6.07) is 26.7. The van der Waals surface area contributed by atoms with Gasteiger partial charge < -0.3 is 4.74 Å². The van der Waals surface area contributed by atoms with Gasteiger partial charge in [0.15, 0.2) is 6.61 Å². The molecule has 2 heterocycles. The van der Waals surface area contributed by atoms with Crippen LogP contribution >= 0.6 is 23.4 Å². The fraction of sp³-hybridized carbons (Fsp3) is 0.200. The molecule has 1 aliphatic carbocycles. The minimum atomic E-state index is -0.740. The van der Waals surface area contributed by atoms with E-state index in [0.29, 0.717) is 22.2 Å². The number of pyridine rings is 1. The smallest absolute Gasteiger partial charge is 0.338 e. The number of nitrogens with zero attached hydrogens (tertiary/aromatic N) is 3. The van der Waals surface area contributed by atoms with Crippen molar-refractivity contribution in [1.82, 2.24) is 4.98 Å². The zero-order valence-corrected chi connectivity index (χ0v) is 25.5. The highest BCUT2D eigenvalue weighted by Gasteiger charge is 2.41. The Labute approximate surface area is 269 Å². The van der Waals surface area contributed by atoms with Gasteiger partial charge in [0.1, 0.15) is 11.1 Å². The molecule has 1 aliphatic heterocycles. The van der Waals surface area contributed by atoms with E-state index in [1.807, 2.05) is 24.3 Å². The van der Waals surface area contributed by atoms with Crippen LogP contribution in [-0.2, 0) is 27.2 Å². The maximum atomic E-state index is 13.4. The van der Waals surface area contributed by atoms with Gasteiger partial charge in [0.2, 0.25) is 17.6 Å². The van der Waals surface area contributed by atoms with E-state index >= 15 is 0 Å². The van der Waals surface area contributed by atoms with Crippen LogP contribution in [0.25, 0.3) is 0 Å². The molecule has 3 aromatic carbocycles. The van der Waals surface area contributed by atoms with Crippen LogP contribution in [0.4, 0.5) is 5.69 Å². The number of aryl methyl sites for hydroxylation is 1. The van der Waals surface area contributed by atoms with Crippen molar-refractivity contribution in [3.05, 3.63) is 123 Å². The highest BCUT2D eigenvalue weighted by Crippen LogP contribution is 2.38. The highest BCUT2D eigenvalue weighted by atomic mass is 35.5. The van der Waals surface area contributed by atoms with Crippen LogP contribution in [0.2, 0.25) is 5.02 Å². The number of fused-ring (bicyclic) bond motifs is 1. The molecule has 2 unspecified atom stereocenters. The molecule has 0 radical (unpaired) electrons. The molecule has 2 aliphatic rings. The molecule has 224 valence electrons. The third kappa shape index (κ3) is 6.39. The molecule has 1 aromatic heterocycles. The molecular weight excluding hydrogens is 610 g/mol. The lowest BCUT2D eigenvalue weighted by molar-refractivity contribution is -0.121. The molecule has 45 heavy (non-hydrogen) atoms. The molecule has 1 fully saturated rings. The highest BCUT2D eigenvalue weighted by molar-refractivity contribution is 8.00. The Morgan fingerprint density at radius 3 is 2.47 bits per heavy atom. The van der Waals surface area contributed by atoms with Gasteiger partial charge in [0, 0.05) is 17.7 Å². The first-order valence-corrected chi connectivity index (χ1v) is 15.6. The lowest BCUT2D eigenvalue weighted by Gasteiger charge is -2.25. The van der Waals surface area contributed by atoms with Gasteiger partial charge >= 0.3 is 5.97 Å². The molecule has 2 amide bonds. The van der Waals surface area contributed by atoms with Crippen molar-refractivity contribution in [3.63, 3.8) is 0 Å². The number of amides is 2. The number of rotatable bonds is 8. The normalized spacial score (nSPS) is 17.5. The fourth-order valence-electron chi connectivity index (χ4n) is 5.65. The molecule has 10 heteroatoms. The van der Waals surface area contributed by atoms with Crippen molar-refractivity contribution in [2.45, 2.75) is 41.9 Å². The minimum Gasteiger partial charge on any atom is -0.454 e. The monoisotopic (exact) mass is 635 g/mol. The number of hydrogen-bond donors (Lipinski definition) is 0. The molecule has 0 spiro atoms. The first kappa shape index (κ1) is 30.3. The summed E-state index contributed by atoms with van der Waals surface area (Å²) in [4.78, 5) is 57.2. The Hall–Kier alpha value is -4.78. The van der Waals surface area contributed by atoms with Crippen molar-refractivity contribution in [2.24, 2.45) is 0 Å². The number of carbonyl (C=O) groups is 4. The topological polar surface area (TPSA) is 117 Å². The predicted molar refractivity (Wildman–Crippen MR) is 169 cm³/mol. The number of aromatic nitrogens is 1. The van der Waals surface area contributed by atoms with Crippen LogP contribution in [0.5, 0.6) is 0 Å². The molecule has 0 bridgehead atoms. The van der Waals surface area contributed by atoms with Crippen LogP contribution in [0.3, 0.4) is 0 Å². The van der Waals surface area contributed by atoms with E-state index in [0.717, 1.165) is 47.2 Å². The molecule has 1 saturated heterocycles. The lowest BCUT2D eigenvalue weighted by Crippen LogP contribution is -2.31. The third-order valence-electron chi connectivity index (χ3n) is 7.97. The summed E-state index contributed by atoms with van der Waals surface area (Å²) < 4.78 is 5.15. The first-order valence-electron chi connectivity index (χ1n) is 14.4. The summed E-state index contributed by atoms with van der Waals surface area (Å²) in [6.45, 7) is -0.485. The molecule has 0 N–H and O–H groups in total. The summed E-state index contributed by atoms with van der Waals surface area (Å²) in [7, 11) is 0. The Bertz CT molecular complexity index is 1860. The first-order chi connectivity index (χ1) is 21.8. The number of ether oxygens (including phenoxy) is 1. The van der Waals surface area contributed by atoms with Crippen LogP contribution < -0.4 is 4.90 Å². The van der Waals surface area contributed by atoms with Crippen molar-refractivity contribution < 1.29 is 23.9 Å². The summed E-state index contributed by atoms with van der Waals surface area (Å²) >= 11 is 7.18. The van der Waals surface area contributed by atoms with E-state index < -0.39 is 29.5 Å². The van der Waals surface area contributed by atoms with Gasteiger partial charge in [-0.1, -0.05) is 65.8 Å². The van der Waals surface area contributed by atoms with E-state index in [1.54, 1.807) is 24.3 Å². The predicted octanol–water partition coefficient (Wildman–Crippen LogP) is 6.34. The van der Waals surface area contributed by atoms with E-state index in [-0.39, 0.29) is 28.5 Å². The number of thioether (sulfide) groups is 1. The molecule has 8 nitrogen and oxygen atoms in total. The largest absolute Gasteiger partial charge is 0.454 e. The van der Waals surface area contributed by atoms with Crippen LogP contribution in [0.15, 0.2) is 90.0 Å². The molecule has 4 aromatic rings. The van der Waals surface area contributed by atoms with E-state index in [9.17, 15) is 24.4 Å².